The van der Waals surface area contributed by atoms with E-state index in [4.69, 9.17) is 4.74 Å². The molecule has 12 heavy (non-hydrogen) atoms. The molecule has 0 aromatic rings. The lowest BCUT2D eigenvalue weighted by Gasteiger charge is -2.10. The van der Waals surface area contributed by atoms with Gasteiger partial charge in [-0.25, -0.2) is 13.9 Å². The molecule has 0 saturated heterocycles. The monoisotopic (exact) mass is 181 g/mol. The van der Waals surface area contributed by atoms with Gasteiger partial charge in [0.2, 0.25) is 0 Å². The van der Waals surface area contributed by atoms with Crippen LogP contribution in [0.4, 0.5) is 8.78 Å². The van der Waals surface area contributed by atoms with Crippen molar-refractivity contribution in [1.82, 2.24) is 0 Å². The summed E-state index contributed by atoms with van der Waals surface area (Å²) in [5, 5.41) is 9.89. The molecule has 0 amide bonds. The van der Waals surface area contributed by atoms with Crippen molar-refractivity contribution in [3.8, 4) is 0 Å². The fourth-order valence-electron chi connectivity index (χ4n) is 0.651. The summed E-state index contributed by atoms with van der Waals surface area (Å²) in [5.41, 5.74) is 0. The summed E-state index contributed by atoms with van der Waals surface area (Å²) in [6, 6.07) is 0. The van der Waals surface area contributed by atoms with Crippen molar-refractivity contribution in [2.75, 3.05) is 19.8 Å². The van der Waals surface area contributed by atoms with E-state index in [-0.39, 0.29) is 6.61 Å². The van der Waals surface area contributed by atoms with Gasteiger partial charge >= 0.3 is 0 Å². The van der Waals surface area contributed by atoms with Crippen LogP contribution in [0.5, 0.6) is 0 Å². The number of hydrogen-bond donors (Lipinski definition) is 0. The Morgan fingerprint density at radius 1 is 1.33 bits per heavy atom. The van der Waals surface area contributed by atoms with Gasteiger partial charge in [0.25, 0.3) is 0 Å². The molecule has 0 bridgehead atoms. The molecular formula is C8H15F2O2. The van der Waals surface area contributed by atoms with Crippen LogP contribution in [-0.4, -0.2) is 32.2 Å². The van der Waals surface area contributed by atoms with E-state index in [0.29, 0.717) is 6.61 Å². The minimum Gasteiger partial charge on any atom is -0.378 e. The van der Waals surface area contributed by atoms with Crippen LogP contribution in [0.25, 0.3) is 0 Å². The largest absolute Gasteiger partial charge is 0.378 e. The lowest BCUT2D eigenvalue weighted by Crippen LogP contribution is -2.25. The molecule has 0 N–H and O–H groups in total. The Morgan fingerprint density at radius 2 is 2.00 bits per heavy atom. The molecule has 2 unspecified atom stereocenters. The Labute approximate surface area is 71.5 Å². The van der Waals surface area contributed by atoms with E-state index in [0.717, 1.165) is 12.8 Å². The fraction of sp³-hybridized carbons (Fsp3) is 1.00. The number of hydrogen-bond acceptors (Lipinski definition) is 1. The van der Waals surface area contributed by atoms with Crippen LogP contribution >= 0.6 is 0 Å². The molecule has 0 aliphatic carbocycles. The van der Waals surface area contributed by atoms with Crippen LogP contribution in [0, 0.1) is 0 Å². The summed E-state index contributed by atoms with van der Waals surface area (Å²) in [6.45, 7) is 1.08. The van der Waals surface area contributed by atoms with Gasteiger partial charge in [0, 0.05) is 6.61 Å². The van der Waals surface area contributed by atoms with Crippen LogP contribution in [0.1, 0.15) is 19.8 Å². The number of rotatable bonds is 7. The summed E-state index contributed by atoms with van der Waals surface area (Å²) in [4.78, 5) is 0. The third-order valence-electron chi connectivity index (χ3n) is 1.47. The first-order valence-electron chi connectivity index (χ1n) is 4.16. The Kier molecular flexibility index (Phi) is 7.29. The van der Waals surface area contributed by atoms with Crippen molar-refractivity contribution < 1.29 is 18.6 Å². The molecule has 0 aliphatic rings. The smallest absolute Gasteiger partial charge is 0.160 e. The summed E-state index contributed by atoms with van der Waals surface area (Å²) >= 11 is 0. The third kappa shape index (κ3) is 5.43. The highest BCUT2D eigenvalue weighted by Gasteiger charge is 2.19. The highest BCUT2D eigenvalue weighted by atomic mass is 19.2. The highest BCUT2D eigenvalue weighted by Crippen LogP contribution is 2.04. The van der Waals surface area contributed by atoms with E-state index >= 15 is 0 Å². The minimum atomic E-state index is -1.92. The van der Waals surface area contributed by atoms with Crippen LogP contribution in [-0.2, 0) is 9.84 Å². The highest BCUT2D eigenvalue weighted by molar-refractivity contribution is 4.65. The lowest BCUT2D eigenvalue weighted by atomic mass is 10.3. The molecule has 0 aromatic heterocycles. The zero-order valence-corrected chi connectivity index (χ0v) is 7.26. The Bertz CT molecular complexity index is 101. The molecule has 73 valence electrons. The zero-order valence-electron chi connectivity index (χ0n) is 7.26. The fourth-order valence-corrected chi connectivity index (χ4v) is 0.651. The second-order valence-corrected chi connectivity index (χ2v) is 2.63. The van der Waals surface area contributed by atoms with Gasteiger partial charge in [-0.2, -0.15) is 0 Å². The maximum Gasteiger partial charge on any atom is 0.160 e. The number of halogens is 2. The molecule has 1 radical (unpaired) electrons. The topological polar surface area (TPSA) is 29.1 Å². The minimum absolute atomic E-state index is 0.302. The van der Waals surface area contributed by atoms with Crippen LogP contribution < -0.4 is 0 Å². The molecule has 2 atom stereocenters. The standard InChI is InChI=1S/C8H15F2O2/c1-2-3-4-12-6-8(10)7(9)5-11/h7-8H,2-6H2,1H3. The summed E-state index contributed by atoms with van der Waals surface area (Å²) in [7, 11) is 0. The van der Waals surface area contributed by atoms with Gasteiger partial charge in [0.1, 0.15) is 6.61 Å². The number of unbranched alkanes of at least 4 members (excludes halogenated alkanes) is 1. The Balaban J connectivity index is 3.24. The van der Waals surface area contributed by atoms with Gasteiger partial charge in [-0.15, -0.1) is 0 Å². The molecule has 4 heteroatoms. The zero-order chi connectivity index (χ0) is 9.40. The molecule has 0 heterocycles. The van der Waals surface area contributed by atoms with Crippen molar-refractivity contribution in [3.63, 3.8) is 0 Å². The predicted molar refractivity (Wildman–Crippen MR) is 41.1 cm³/mol. The second kappa shape index (κ2) is 7.43. The molecular weight excluding hydrogens is 166 g/mol. The first-order chi connectivity index (χ1) is 5.72. The lowest BCUT2D eigenvalue weighted by molar-refractivity contribution is 0.00652. The van der Waals surface area contributed by atoms with E-state index in [1.54, 1.807) is 0 Å². The van der Waals surface area contributed by atoms with E-state index < -0.39 is 19.0 Å². The quantitative estimate of drug-likeness (QED) is 0.551. The van der Waals surface area contributed by atoms with Gasteiger partial charge in [0.15, 0.2) is 12.3 Å². The second-order valence-electron chi connectivity index (χ2n) is 2.63. The van der Waals surface area contributed by atoms with Crippen molar-refractivity contribution in [2.45, 2.75) is 32.1 Å². The van der Waals surface area contributed by atoms with Crippen molar-refractivity contribution in [1.29, 1.82) is 0 Å². The summed E-state index contributed by atoms with van der Waals surface area (Å²) < 4.78 is 29.6. The normalized spacial score (nSPS) is 16.0. The first kappa shape index (κ1) is 11.8. The van der Waals surface area contributed by atoms with Crippen LogP contribution in [0.2, 0.25) is 0 Å². The Hall–Kier alpha value is -0.220. The molecule has 2 nitrogen and oxygen atoms in total. The maximum absolute atomic E-state index is 12.5. The molecule has 0 spiro atoms. The predicted octanol–water partition coefficient (Wildman–Crippen LogP) is 1.91. The van der Waals surface area contributed by atoms with Crippen molar-refractivity contribution in [3.05, 3.63) is 0 Å². The average molecular weight is 181 g/mol. The molecule has 0 saturated carbocycles. The summed E-state index contributed by atoms with van der Waals surface area (Å²) in [6.07, 6.45) is -1.90. The molecule has 0 aliphatic heterocycles. The van der Waals surface area contributed by atoms with Crippen LogP contribution in [0.15, 0.2) is 0 Å². The Morgan fingerprint density at radius 3 is 2.50 bits per heavy atom. The van der Waals surface area contributed by atoms with E-state index in [1.807, 2.05) is 6.92 Å². The van der Waals surface area contributed by atoms with Gasteiger partial charge in [-0.3, -0.25) is 0 Å². The summed E-state index contributed by atoms with van der Waals surface area (Å²) in [5.74, 6) is 0. The van der Waals surface area contributed by atoms with Gasteiger partial charge in [-0.1, -0.05) is 13.3 Å². The molecule has 0 aromatic carbocycles. The number of alkyl halides is 2. The van der Waals surface area contributed by atoms with Gasteiger partial charge in [-0.05, 0) is 6.42 Å². The van der Waals surface area contributed by atoms with Gasteiger partial charge < -0.3 is 4.74 Å². The first-order valence-corrected chi connectivity index (χ1v) is 4.16. The number of ether oxygens (including phenoxy) is 1. The van der Waals surface area contributed by atoms with E-state index in [9.17, 15) is 13.9 Å². The van der Waals surface area contributed by atoms with E-state index in [1.165, 1.54) is 0 Å². The molecule has 0 rings (SSSR count). The third-order valence-corrected chi connectivity index (χ3v) is 1.47. The SMILES string of the molecule is CCCCOCC(F)C(F)C[O]. The van der Waals surface area contributed by atoms with Crippen LogP contribution in [0.3, 0.4) is 0 Å². The maximum atomic E-state index is 12.5. The van der Waals surface area contributed by atoms with E-state index in [2.05, 4.69) is 0 Å². The van der Waals surface area contributed by atoms with Gasteiger partial charge in [0.05, 0.1) is 6.61 Å². The average Bonchev–Trinajstić information content (AvgIpc) is 2.10. The van der Waals surface area contributed by atoms with Crippen molar-refractivity contribution in [2.24, 2.45) is 0 Å². The van der Waals surface area contributed by atoms with Crippen molar-refractivity contribution >= 4 is 0 Å². The molecule has 0 fully saturated rings.